The quantitative estimate of drug-likeness (QED) is 0.712. The van der Waals surface area contributed by atoms with E-state index in [1.54, 1.807) is 11.3 Å². The molecule has 5 nitrogen and oxygen atoms in total. The van der Waals surface area contributed by atoms with Gasteiger partial charge in [0.1, 0.15) is 11.9 Å². The highest BCUT2D eigenvalue weighted by Crippen LogP contribution is 2.26. The molecule has 0 spiro atoms. The first kappa shape index (κ1) is 21.3. The lowest BCUT2D eigenvalue weighted by atomic mass is 9.94. The number of piperidine rings is 2. The highest BCUT2D eigenvalue weighted by atomic mass is 32.1. The van der Waals surface area contributed by atoms with E-state index >= 15 is 0 Å². The van der Waals surface area contributed by atoms with Crippen LogP contribution in [0.15, 0.2) is 23.6 Å². The second-order valence-corrected chi connectivity index (χ2v) is 9.88. The van der Waals surface area contributed by atoms with Crippen molar-refractivity contribution in [2.24, 2.45) is 5.92 Å². The number of thiazole rings is 1. The number of hydrogen-bond donors (Lipinski definition) is 0. The summed E-state index contributed by atoms with van der Waals surface area (Å²) in [4.78, 5) is 22.1. The predicted octanol–water partition coefficient (Wildman–Crippen LogP) is 4.35. The molecule has 3 heterocycles. The molecule has 2 aromatic rings. The van der Waals surface area contributed by atoms with E-state index in [0.717, 1.165) is 74.9 Å². The highest BCUT2D eigenvalue weighted by molar-refractivity contribution is 7.09. The van der Waals surface area contributed by atoms with Crippen molar-refractivity contribution in [2.75, 3.05) is 26.2 Å². The van der Waals surface area contributed by atoms with Gasteiger partial charge in [-0.25, -0.2) is 4.98 Å². The normalized spacial score (nSPS) is 19.2. The maximum atomic E-state index is 13.0. The van der Waals surface area contributed by atoms with E-state index in [1.165, 1.54) is 11.1 Å². The average molecular weight is 428 g/mol. The molecule has 0 N–H and O–H groups in total. The number of amides is 1. The number of carbonyl (C=O) groups excluding carboxylic acids is 1. The van der Waals surface area contributed by atoms with Crippen LogP contribution in [0, 0.1) is 26.7 Å². The molecule has 30 heavy (non-hydrogen) atoms. The molecule has 0 saturated carbocycles. The number of aryl methyl sites for hydroxylation is 3. The molecule has 1 amide bonds. The van der Waals surface area contributed by atoms with Gasteiger partial charge >= 0.3 is 0 Å². The lowest BCUT2D eigenvalue weighted by molar-refractivity contribution is -0.139. The molecule has 2 aliphatic heterocycles. The molecule has 162 valence electrons. The summed E-state index contributed by atoms with van der Waals surface area (Å²) < 4.78 is 6.26. The minimum Gasteiger partial charge on any atom is -0.490 e. The summed E-state index contributed by atoms with van der Waals surface area (Å²) >= 11 is 1.71. The van der Waals surface area contributed by atoms with Crippen LogP contribution in [0.1, 0.15) is 47.5 Å². The number of rotatable bonds is 5. The first-order valence-electron chi connectivity index (χ1n) is 11.1. The molecular formula is C24H33N3O2S. The van der Waals surface area contributed by atoms with Crippen molar-refractivity contribution in [1.29, 1.82) is 0 Å². The van der Waals surface area contributed by atoms with Gasteiger partial charge in [0.05, 0.1) is 10.7 Å². The van der Waals surface area contributed by atoms with Crippen molar-refractivity contribution < 1.29 is 9.53 Å². The minimum absolute atomic E-state index is 0.176. The Morgan fingerprint density at radius 1 is 1.10 bits per heavy atom. The van der Waals surface area contributed by atoms with Gasteiger partial charge < -0.3 is 9.64 Å². The summed E-state index contributed by atoms with van der Waals surface area (Å²) in [5.41, 5.74) is 3.56. The first-order chi connectivity index (χ1) is 14.5. The third-order valence-corrected chi connectivity index (χ3v) is 7.20. The van der Waals surface area contributed by atoms with Crippen molar-refractivity contribution in [1.82, 2.24) is 14.8 Å². The zero-order valence-electron chi connectivity index (χ0n) is 18.4. The van der Waals surface area contributed by atoms with Crippen LogP contribution in [0.25, 0.3) is 0 Å². The molecule has 1 aromatic heterocycles. The fourth-order valence-corrected chi connectivity index (χ4v) is 5.12. The average Bonchev–Trinajstić information content (AvgIpc) is 3.16. The van der Waals surface area contributed by atoms with Crippen molar-refractivity contribution >= 4 is 17.2 Å². The molecule has 6 heteroatoms. The zero-order chi connectivity index (χ0) is 21.1. The van der Waals surface area contributed by atoms with E-state index < -0.39 is 0 Å². The number of likely N-dealkylation sites (tertiary alicyclic amines) is 2. The molecule has 0 unspecified atom stereocenters. The summed E-state index contributed by atoms with van der Waals surface area (Å²) in [6.45, 7) is 10.7. The van der Waals surface area contributed by atoms with Crippen molar-refractivity contribution in [2.45, 2.75) is 59.1 Å². The van der Waals surface area contributed by atoms with Crippen LogP contribution in [0.4, 0.5) is 0 Å². The van der Waals surface area contributed by atoms with Gasteiger partial charge in [0, 0.05) is 43.8 Å². The number of aromatic nitrogens is 1. The van der Waals surface area contributed by atoms with E-state index in [2.05, 4.69) is 59.1 Å². The van der Waals surface area contributed by atoms with Crippen LogP contribution < -0.4 is 4.74 Å². The summed E-state index contributed by atoms with van der Waals surface area (Å²) in [5.74, 6) is 1.52. The van der Waals surface area contributed by atoms with E-state index in [9.17, 15) is 4.79 Å². The first-order valence-corrected chi connectivity index (χ1v) is 12.0. The number of nitrogens with zero attached hydrogens (tertiary/aromatic N) is 3. The second kappa shape index (κ2) is 9.48. The SMILES string of the molecule is Cc1ccc(C)c(OC2CCN(C(=O)C3CCN(Cc4csc(C)n4)CC3)CC2)c1. The Bertz CT molecular complexity index is 865. The standard InChI is InChI=1S/C24H33N3O2S/c1-17-4-5-18(2)23(14-17)29-22-8-12-27(13-9-22)24(28)20-6-10-26(11-7-20)15-21-16-30-19(3)25-21/h4-5,14,16,20,22H,6-13,15H2,1-3H3. The van der Waals surface area contributed by atoms with Gasteiger partial charge in [-0.1, -0.05) is 12.1 Å². The number of hydrogen-bond acceptors (Lipinski definition) is 5. The predicted molar refractivity (Wildman–Crippen MR) is 121 cm³/mol. The highest BCUT2D eigenvalue weighted by Gasteiger charge is 2.31. The van der Waals surface area contributed by atoms with Crippen LogP contribution >= 0.6 is 11.3 Å². The van der Waals surface area contributed by atoms with Crippen molar-refractivity contribution in [3.05, 3.63) is 45.4 Å². The molecule has 0 radical (unpaired) electrons. The van der Waals surface area contributed by atoms with Crippen molar-refractivity contribution in [3.8, 4) is 5.75 Å². The van der Waals surface area contributed by atoms with Crippen LogP contribution in [-0.2, 0) is 11.3 Å². The van der Waals surface area contributed by atoms with Gasteiger partial charge in [0.2, 0.25) is 5.91 Å². The van der Waals surface area contributed by atoms with E-state index in [4.69, 9.17) is 4.74 Å². The van der Waals surface area contributed by atoms with Crippen LogP contribution in [-0.4, -0.2) is 53.0 Å². The van der Waals surface area contributed by atoms with Gasteiger partial charge in [-0.15, -0.1) is 11.3 Å². The topological polar surface area (TPSA) is 45.7 Å². The number of ether oxygens (including phenoxy) is 1. The third-order valence-electron chi connectivity index (χ3n) is 6.38. The Balaban J connectivity index is 1.22. The molecule has 0 bridgehead atoms. The largest absolute Gasteiger partial charge is 0.490 e. The summed E-state index contributed by atoms with van der Waals surface area (Å²) in [6.07, 6.45) is 3.96. The Kier molecular flexibility index (Phi) is 6.74. The molecule has 2 aliphatic rings. The Hall–Kier alpha value is -1.92. The fraction of sp³-hybridized carbons (Fsp3) is 0.583. The zero-order valence-corrected chi connectivity index (χ0v) is 19.2. The lowest BCUT2D eigenvalue weighted by Crippen LogP contribution is -2.47. The molecular weight excluding hydrogens is 394 g/mol. The molecule has 2 fully saturated rings. The maximum Gasteiger partial charge on any atom is 0.225 e. The molecule has 4 rings (SSSR count). The Labute approximate surface area is 184 Å². The fourth-order valence-electron chi connectivity index (χ4n) is 4.51. The van der Waals surface area contributed by atoms with Crippen LogP contribution in [0.2, 0.25) is 0 Å². The summed E-state index contributed by atoms with van der Waals surface area (Å²) in [5, 5.41) is 3.27. The molecule has 0 atom stereocenters. The minimum atomic E-state index is 0.176. The van der Waals surface area contributed by atoms with Gasteiger partial charge in [0.15, 0.2) is 0 Å². The number of carbonyl (C=O) groups is 1. The smallest absolute Gasteiger partial charge is 0.225 e. The summed E-state index contributed by atoms with van der Waals surface area (Å²) in [6, 6.07) is 6.35. The lowest BCUT2D eigenvalue weighted by Gasteiger charge is -2.37. The Morgan fingerprint density at radius 3 is 2.50 bits per heavy atom. The molecule has 1 aromatic carbocycles. The van der Waals surface area contributed by atoms with E-state index in [0.29, 0.717) is 5.91 Å². The van der Waals surface area contributed by atoms with Crippen LogP contribution in [0.3, 0.4) is 0 Å². The van der Waals surface area contributed by atoms with Gasteiger partial charge in [0.25, 0.3) is 0 Å². The van der Waals surface area contributed by atoms with Gasteiger partial charge in [-0.3, -0.25) is 9.69 Å². The third kappa shape index (κ3) is 5.22. The van der Waals surface area contributed by atoms with Gasteiger partial charge in [-0.05, 0) is 63.9 Å². The van der Waals surface area contributed by atoms with Gasteiger partial charge in [-0.2, -0.15) is 0 Å². The van der Waals surface area contributed by atoms with Crippen LogP contribution in [0.5, 0.6) is 5.75 Å². The molecule has 2 saturated heterocycles. The van der Waals surface area contributed by atoms with E-state index in [1.807, 2.05) is 0 Å². The summed E-state index contributed by atoms with van der Waals surface area (Å²) in [7, 11) is 0. The number of benzene rings is 1. The maximum absolute atomic E-state index is 13.0. The van der Waals surface area contributed by atoms with E-state index in [-0.39, 0.29) is 12.0 Å². The Morgan fingerprint density at radius 2 is 1.83 bits per heavy atom. The second-order valence-electron chi connectivity index (χ2n) is 8.82. The van der Waals surface area contributed by atoms with Crippen molar-refractivity contribution in [3.63, 3.8) is 0 Å². The monoisotopic (exact) mass is 427 g/mol. The molecule has 0 aliphatic carbocycles.